The van der Waals surface area contributed by atoms with Crippen LogP contribution >= 0.6 is 15.9 Å². The number of hydrogen-bond acceptors (Lipinski definition) is 10. The molecule has 0 saturated heterocycles. The summed E-state index contributed by atoms with van der Waals surface area (Å²) in [5, 5.41) is 19.9. The van der Waals surface area contributed by atoms with Crippen LogP contribution in [0.2, 0.25) is 0 Å². The zero-order valence-corrected chi connectivity index (χ0v) is 24.7. The fourth-order valence-corrected chi connectivity index (χ4v) is 4.40. The van der Waals surface area contributed by atoms with E-state index < -0.39 is 24.3 Å². The number of ether oxygens (including phenoxy) is 5. The third-order valence-corrected chi connectivity index (χ3v) is 6.17. The maximum atomic E-state index is 12.4. The molecular formula is C28H33BrN4O8. The summed E-state index contributed by atoms with van der Waals surface area (Å²) in [6.07, 6.45) is 1.92. The summed E-state index contributed by atoms with van der Waals surface area (Å²) >= 11 is 3.43. The molecule has 1 aliphatic heterocycles. The van der Waals surface area contributed by atoms with Crippen LogP contribution in [-0.2, 0) is 9.53 Å². The maximum absolute atomic E-state index is 12.4. The second-order valence-corrected chi connectivity index (χ2v) is 9.46. The molecular weight excluding hydrogens is 600 g/mol. The molecule has 41 heavy (non-hydrogen) atoms. The molecule has 0 aromatic heterocycles. The van der Waals surface area contributed by atoms with Gasteiger partial charge in [0.15, 0.2) is 29.2 Å². The van der Waals surface area contributed by atoms with E-state index in [4.69, 9.17) is 23.7 Å². The van der Waals surface area contributed by atoms with Crippen molar-refractivity contribution in [1.82, 2.24) is 16.1 Å². The van der Waals surface area contributed by atoms with E-state index in [2.05, 4.69) is 43.7 Å². The SMILES string of the molecule is C=CCOc1c(/C=N/N[C@H](O)COc2ccc([C@@H]3NC(=O)NC(C)=C3C(=O)OC)cc2OCC)cc(Br)cc1OC. The number of carbonyl (C=O) groups excluding carboxylic acids is 2. The highest BCUT2D eigenvalue weighted by Crippen LogP contribution is 2.35. The van der Waals surface area contributed by atoms with Crippen LogP contribution < -0.4 is 35.0 Å². The molecule has 12 nitrogen and oxygen atoms in total. The maximum Gasteiger partial charge on any atom is 0.337 e. The Morgan fingerprint density at radius 2 is 1.98 bits per heavy atom. The summed E-state index contributed by atoms with van der Waals surface area (Å²) in [5.74, 6) is 1.11. The Hall–Kier alpha value is -4.23. The average Bonchev–Trinajstić information content (AvgIpc) is 2.95. The summed E-state index contributed by atoms with van der Waals surface area (Å²) in [6.45, 7) is 7.52. The van der Waals surface area contributed by atoms with Gasteiger partial charge in [-0.05, 0) is 43.7 Å². The molecule has 2 amide bonds. The van der Waals surface area contributed by atoms with E-state index >= 15 is 0 Å². The van der Waals surface area contributed by atoms with Crippen molar-refractivity contribution in [2.24, 2.45) is 5.10 Å². The lowest BCUT2D eigenvalue weighted by atomic mass is 9.95. The minimum atomic E-state index is -1.17. The van der Waals surface area contributed by atoms with Gasteiger partial charge in [-0.1, -0.05) is 34.7 Å². The number of aliphatic hydroxyl groups is 1. The Morgan fingerprint density at radius 3 is 2.66 bits per heavy atom. The Kier molecular flexibility index (Phi) is 11.4. The summed E-state index contributed by atoms with van der Waals surface area (Å²) < 4.78 is 28.3. The third-order valence-electron chi connectivity index (χ3n) is 5.71. The van der Waals surface area contributed by atoms with Gasteiger partial charge < -0.3 is 39.4 Å². The quantitative estimate of drug-likeness (QED) is 0.0806. The molecule has 1 heterocycles. The molecule has 0 fully saturated rings. The summed E-state index contributed by atoms with van der Waals surface area (Å²) in [6, 6.07) is 7.32. The number of hydrogen-bond donors (Lipinski definition) is 4. The minimum absolute atomic E-state index is 0.172. The molecule has 2 aromatic carbocycles. The van der Waals surface area contributed by atoms with Crippen molar-refractivity contribution in [1.29, 1.82) is 0 Å². The molecule has 13 heteroatoms. The van der Waals surface area contributed by atoms with Gasteiger partial charge in [0.25, 0.3) is 0 Å². The van der Waals surface area contributed by atoms with Gasteiger partial charge in [-0.3, -0.25) is 5.43 Å². The van der Waals surface area contributed by atoms with Crippen LogP contribution in [0.1, 0.15) is 31.0 Å². The predicted molar refractivity (Wildman–Crippen MR) is 155 cm³/mol. The first-order chi connectivity index (χ1) is 19.7. The molecule has 3 rings (SSSR count). The average molecular weight is 633 g/mol. The topological polar surface area (TPSA) is 149 Å². The first-order valence-corrected chi connectivity index (χ1v) is 13.4. The predicted octanol–water partition coefficient (Wildman–Crippen LogP) is 3.54. The molecule has 0 spiro atoms. The van der Waals surface area contributed by atoms with Crippen LogP contribution in [0, 0.1) is 0 Å². The van der Waals surface area contributed by atoms with E-state index in [1.807, 2.05) is 6.92 Å². The fraction of sp³-hybridized carbons (Fsp3) is 0.321. The normalized spacial score (nSPS) is 15.5. The molecule has 2 atom stereocenters. The van der Waals surface area contributed by atoms with E-state index in [0.29, 0.717) is 46.4 Å². The smallest absolute Gasteiger partial charge is 0.337 e. The van der Waals surface area contributed by atoms with Crippen molar-refractivity contribution in [2.45, 2.75) is 26.1 Å². The van der Waals surface area contributed by atoms with Gasteiger partial charge in [-0.2, -0.15) is 5.10 Å². The van der Waals surface area contributed by atoms with Gasteiger partial charge in [0.1, 0.15) is 13.2 Å². The van der Waals surface area contributed by atoms with Gasteiger partial charge in [-0.15, -0.1) is 0 Å². The van der Waals surface area contributed by atoms with E-state index in [-0.39, 0.29) is 18.8 Å². The molecule has 0 radical (unpaired) electrons. The largest absolute Gasteiger partial charge is 0.493 e. The number of esters is 1. The van der Waals surface area contributed by atoms with Crippen LogP contribution in [0.25, 0.3) is 0 Å². The van der Waals surface area contributed by atoms with Crippen molar-refractivity contribution >= 4 is 34.1 Å². The zero-order valence-electron chi connectivity index (χ0n) is 23.2. The Bertz CT molecular complexity index is 1330. The van der Waals surface area contributed by atoms with Gasteiger partial charge >= 0.3 is 12.0 Å². The number of halogens is 1. The number of nitrogens with one attached hydrogen (secondary N) is 3. The van der Waals surface area contributed by atoms with Crippen LogP contribution in [-0.4, -0.2) is 63.6 Å². The fourth-order valence-electron chi connectivity index (χ4n) is 3.95. The zero-order chi connectivity index (χ0) is 29.9. The van der Waals surface area contributed by atoms with Gasteiger partial charge in [0.2, 0.25) is 0 Å². The summed E-state index contributed by atoms with van der Waals surface area (Å²) in [7, 11) is 2.80. The number of rotatable bonds is 14. The molecule has 2 aromatic rings. The van der Waals surface area contributed by atoms with Crippen molar-refractivity contribution < 1.29 is 38.4 Å². The van der Waals surface area contributed by atoms with Crippen LogP contribution in [0.5, 0.6) is 23.0 Å². The standard InChI is InChI=1S/C28H33BrN4O8/c1-6-10-40-26-18(11-19(29)13-22(26)37-4)14-30-33-23(34)15-41-20-9-8-17(12-21(20)39-7-2)25-24(27(35)38-5)16(3)31-28(36)32-25/h6,8-9,11-14,23,25,33-34H,1,7,10,15H2,2-5H3,(H2,31,32,36)/b30-14+/t23-,25+/m1/s1. The van der Waals surface area contributed by atoms with Crippen LogP contribution in [0.3, 0.4) is 0 Å². The van der Waals surface area contributed by atoms with E-state index in [1.165, 1.54) is 20.4 Å². The third kappa shape index (κ3) is 8.14. The highest BCUT2D eigenvalue weighted by Gasteiger charge is 2.32. The Balaban J connectivity index is 1.73. The second kappa shape index (κ2) is 15.0. The molecule has 220 valence electrons. The molecule has 0 bridgehead atoms. The van der Waals surface area contributed by atoms with Gasteiger partial charge in [0, 0.05) is 15.7 Å². The summed E-state index contributed by atoms with van der Waals surface area (Å²) in [4.78, 5) is 24.5. The minimum Gasteiger partial charge on any atom is -0.493 e. The molecule has 1 aliphatic rings. The Morgan fingerprint density at radius 1 is 1.20 bits per heavy atom. The number of nitrogens with zero attached hydrogens (tertiary/aromatic N) is 1. The number of hydrazone groups is 1. The lowest BCUT2D eigenvalue weighted by Crippen LogP contribution is -2.45. The highest BCUT2D eigenvalue weighted by molar-refractivity contribution is 9.10. The monoisotopic (exact) mass is 632 g/mol. The highest BCUT2D eigenvalue weighted by atomic mass is 79.9. The molecule has 0 saturated carbocycles. The van der Waals surface area contributed by atoms with Crippen molar-refractivity contribution in [3.05, 3.63) is 69.9 Å². The number of aliphatic hydroxyl groups excluding tert-OH is 1. The summed E-state index contributed by atoms with van der Waals surface area (Å²) in [5.41, 5.74) is 4.45. The second-order valence-electron chi connectivity index (χ2n) is 8.54. The van der Waals surface area contributed by atoms with Gasteiger partial charge in [0.05, 0.1) is 38.7 Å². The van der Waals surface area contributed by atoms with Crippen LogP contribution in [0.15, 0.2) is 63.8 Å². The molecule has 4 N–H and O–H groups in total. The van der Waals surface area contributed by atoms with Crippen molar-refractivity contribution in [3.8, 4) is 23.0 Å². The first-order valence-electron chi connectivity index (χ1n) is 12.6. The number of amides is 2. The Labute approximate surface area is 246 Å². The van der Waals surface area contributed by atoms with E-state index in [0.717, 1.165) is 4.47 Å². The van der Waals surface area contributed by atoms with Gasteiger partial charge in [-0.25, -0.2) is 9.59 Å². The number of urea groups is 1. The number of allylic oxidation sites excluding steroid dienone is 1. The molecule has 0 unspecified atom stereocenters. The lowest BCUT2D eigenvalue weighted by molar-refractivity contribution is -0.136. The number of carbonyl (C=O) groups is 2. The number of benzene rings is 2. The first kappa shape index (κ1) is 31.3. The number of methoxy groups -OCH3 is 2. The molecule has 0 aliphatic carbocycles. The van der Waals surface area contributed by atoms with Crippen molar-refractivity contribution in [2.75, 3.05) is 34.0 Å². The lowest BCUT2D eigenvalue weighted by Gasteiger charge is -2.28. The van der Waals surface area contributed by atoms with Crippen LogP contribution in [0.4, 0.5) is 4.79 Å². The van der Waals surface area contributed by atoms with E-state index in [1.54, 1.807) is 43.3 Å². The van der Waals surface area contributed by atoms with E-state index in [9.17, 15) is 14.7 Å². The van der Waals surface area contributed by atoms with Crippen molar-refractivity contribution in [3.63, 3.8) is 0 Å².